The highest BCUT2D eigenvalue weighted by Crippen LogP contribution is 2.37. The molecule has 0 saturated heterocycles. The van der Waals surface area contributed by atoms with Crippen LogP contribution in [-0.4, -0.2) is 23.2 Å². The zero-order valence-corrected chi connectivity index (χ0v) is 8.97. The summed E-state index contributed by atoms with van der Waals surface area (Å²) in [4.78, 5) is 8.31. The lowest BCUT2D eigenvalue weighted by Crippen LogP contribution is -2.23. The predicted molar refractivity (Wildman–Crippen MR) is 57.1 cm³/mol. The first-order valence-corrected chi connectivity index (χ1v) is 5.36. The summed E-state index contributed by atoms with van der Waals surface area (Å²) in [6.45, 7) is 0. The average molecular weight is 207 g/mol. The Morgan fingerprint density at radius 1 is 1.47 bits per heavy atom. The van der Waals surface area contributed by atoms with Crippen molar-refractivity contribution in [2.45, 2.75) is 31.4 Å². The average Bonchev–Trinajstić information content (AvgIpc) is 3.10. The van der Waals surface area contributed by atoms with Gasteiger partial charge in [-0.2, -0.15) is 0 Å². The molecule has 0 radical (unpaired) electrons. The van der Waals surface area contributed by atoms with Crippen molar-refractivity contribution in [3.05, 3.63) is 24.3 Å². The van der Waals surface area contributed by atoms with E-state index in [0.717, 1.165) is 6.42 Å². The van der Waals surface area contributed by atoms with Gasteiger partial charge in [-0.05, 0) is 31.2 Å². The van der Waals surface area contributed by atoms with Crippen molar-refractivity contribution in [3.63, 3.8) is 0 Å². The normalized spacial score (nSPS) is 19.9. The van der Waals surface area contributed by atoms with Gasteiger partial charge in [-0.3, -0.25) is 0 Å². The van der Waals surface area contributed by atoms with Crippen LogP contribution < -0.4 is 5.73 Å². The zero-order valence-electron chi connectivity index (χ0n) is 8.97. The van der Waals surface area contributed by atoms with Crippen LogP contribution in [-0.2, 0) is 4.74 Å². The van der Waals surface area contributed by atoms with E-state index in [-0.39, 0.29) is 12.1 Å². The Kier molecular flexibility index (Phi) is 3.28. The highest BCUT2D eigenvalue weighted by Gasteiger charge is 2.32. The fourth-order valence-corrected chi connectivity index (χ4v) is 1.81. The Balaban J connectivity index is 1.93. The van der Waals surface area contributed by atoms with E-state index in [4.69, 9.17) is 10.5 Å². The zero-order chi connectivity index (χ0) is 10.7. The van der Waals surface area contributed by atoms with Gasteiger partial charge in [0, 0.05) is 19.5 Å². The molecule has 4 nitrogen and oxygen atoms in total. The third-order valence-corrected chi connectivity index (χ3v) is 2.85. The van der Waals surface area contributed by atoms with Crippen LogP contribution in [0.2, 0.25) is 0 Å². The number of methoxy groups -OCH3 is 1. The first-order valence-electron chi connectivity index (χ1n) is 5.36. The molecule has 4 heteroatoms. The molecular weight excluding hydrogens is 190 g/mol. The molecule has 2 N–H and O–H groups in total. The van der Waals surface area contributed by atoms with Crippen LogP contribution in [0.15, 0.2) is 18.5 Å². The number of ether oxygens (including phenoxy) is 1. The molecule has 1 aliphatic rings. The molecule has 1 aromatic heterocycles. The van der Waals surface area contributed by atoms with Crippen molar-refractivity contribution in [2.24, 2.45) is 11.7 Å². The second kappa shape index (κ2) is 4.68. The smallest absolute Gasteiger partial charge is 0.144 e. The molecule has 15 heavy (non-hydrogen) atoms. The monoisotopic (exact) mass is 207 g/mol. The Bertz CT molecular complexity index is 300. The van der Waals surface area contributed by atoms with Gasteiger partial charge in [-0.15, -0.1) is 0 Å². The van der Waals surface area contributed by atoms with Gasteiger partial charge in [0.25, 0.3) is 0 Å². The predicted octanol–water partition coefficient (Wildman–Crippen LogP) is 1.29. The largest absolute Gasteiger partial charge is 0.381 e. The Morgan fingerprint density at radius 3 is 2.67 bits per heavy atom. The summed E-state index contributed by atoms with van der Waals surface area (Å²) in [6, 6.07) is 1.68. The molecule has 0 bridgehead atoms. The molecule has 0 aromatic carbocycles. The fourth-order valence-electron chi connectivity index (χ4n) is 1.81. The van der Waals surface area contributed by atoms with E-state index >= 15 is 0 Å². The van der Waals surface area contributed by atoms with E-state index in [1.807, 2.05) is 0 Å². The van der Waals surface area contributed by atoms with Crippen molar-refractivity contribution in [1.82, 2.24) is 9.97 Å². The van der Waals surface area contributed by atoms with Crippen LogP contribution in [0.5, 0.6) is 0 Å². The summed E-state index contributed by atoms with van der Waals surface area (Å²) >= 11 is 0. The summed E-state index contributed by atoms with van der Waals surface area (Å²) in [5, 5.41) is 0. The lowest BCUT2D eigenvalue weighted by molar-refractivity contribution is 0.0707. The maximum absolute atomic E-state index is 6.03. The SMILES string of the molecule is COC(CC(N)c1ncccn1)C1CC1. The number of aromatic nitrogens is 2. The molecule has 1 aromatic rings. The van der Waals surface area contributed by atoms with E-state index in [1.54, 1.807) is 25.6 Å². The van der Waals surface area contributed by atoms with Gasteiger partial charge >= 0.3 is 0 Å². The molecule has 0 amide bonds. The standard InChI is InChI=1S/C11H17N3O/c1-15-10(8-3-4-8)7-9(12)11-13-5-2-6-14-11/h2,5-6,8-10H,3-4,7,12H2,1H3. The minimum Gasteiger partial charge on any atom is -0.381 e. The number of rotatable bonds is 5. The molecule has 1 fully saturated rings. The van der Waals surface area contributed by atoms with Gasteiger partial charge in [-0.25, -0.2) is 9.97 Å². The van der Waals surface area contributed by atoms with Gasteiger partial charge in [0.2, 0.25) is 0 Å². The van der Waals surface area contributed by atoms with Crippen LogP contribution in [0.1, 0.15) is 31.1 Å². The van der Waals surface area contributed by atoms with E-state index in [9.17, 15) is 0 Å². The Morgan fingerprint density at radius 2 is 2.13 bits per heavy atom. The summed E-state index contributed by atoms with van der Waals surface area (Å²) in [5.41, 5.74) is 6.03. The molecule has 2 atom stereocenters. The van der Waals surface area contributed by atoms with E-state index < -0.39 is 0 Å². The number of nitrogens with two attached hydrogens (primary N) is 1. The Hall–Kier alpha value is -1.00. The van der Waals surface area contributed by atoms with E-state index in [2.05, 4.69) is 9.97 Å². The van der Waals surface area contributed by atoms with Crippen LogP contribution >= 0.6 is 0 Å². The highest BCUT2D eigenvalue weighted by molar-refractivity contribution is 4.97. The van der Waals surface area contributed by atoms with Crippen molar-refractivity contribution in [3.8, 4) is 0 Å². The fraction of sp³-hybridized carbons (Fsp3) is 0.636. The molecular formula is C11H17N3O. The molecule has 1 aliphatic carbocycles. The quantitative estimate of drug-likeness (QED) is 0.790. The van der Waals surface area contributed by atoms with E-state index in [0.29, 0.717) is 11.7 Å². The van der Waals surface area contributed by atoms with Crippen molar-refractivity contribution in [1.29, 1.82) is 0 Å². The second-order valence-electron chi connectivity index (χ2n) is 4.06. The highest BCUT2D eigenvalue weighted by atomic mass is 16.5. The molecule has 0 spiro atoms. The number of hydrogen-bond donors (Lipinski definition) is 1. The van der Waals surface area contributed by atoms with E-state index in [1.165, 1.54) is 12.8 Å². The lowest BCUT2D eigenvalue weighted by atomic mass is 10.1. The van der Waals surface area contributed by atoms with Crippen molar-refractivity contribution < 1.29 is 4.74 Å². The summed E-state index contributed by atoms with van der Waals surface area (Å²) in [6.07, 6.45) is 7.05. The third kappa shape index (κ3) is 2.73. The molecule has 0 aliphatic heterocycles. The molecule has 2 rings (SSSR count). The first-order chi connectivity index (χ1) is 7.31. The summed E-state index contributed by atoms with van der Waals surface area (Å²) in [5.74, 6) is 1.41. The third-order valence-electron chi connectivity index (χ3n) is 2.85. The first kappa shape index (κ1) is 10.5. The second-order valence-corrected chi connectivity index (χ2v) is 4.06. The van der Waals surface area contributed by atoms with Gasteiger partial charge in [0.15, 0.2) is 0 Å². The van der Waals surface area contributed by atoms with Gasteiger partial charge in [0.05, 0.1) is 12.1 Å². The van der Waals surface area contributed by atoms with Crippen LogP contribution in [0.25, 0.3) is 0 Å². The molecule has 1 heterocycles. The topological polar surface area (TPSA) is 61.0 Å². The van der Waals surface area contributed by atoms with Crippen molar-refractivity contribution in [2.75, 3.05) is 7.11 Å². The number of hydrogen-bond acceptors (Lipinski definition) is 4. The van der Waals surface area contributed by atoms with Gasteiger partial charge < -0.3 is 10.5 Å². The maximum atomic E-state index is 6.03. The number of nitrogens with zero attached hydrogens (tertiary/aromatic N) is 2. The summed E-state index contributed by atoms with van der Waals surface area (Å²) in [7, 11) is 1.75. The minimum absolute atomic E-state index is 0.114. The minimum atomic E-state index is -0.114. The Labute approximate surface area is 89.9 Å². The van der Waals surface area contributed by atoms with Crippen molar-refractivity contribution >= 4 is 0 Å². The van der Waals surface area contributed by atoms with Crippen LogP contribution in [0, 0.1) is 5.92 Å². The van der Waals surface area contributed by atoms with Crippen LogP contribution in [0.3, 0.4) is 0 Å². The lowest BCUT2D eigenvalue weighted by Gasteiger charge is -2.18. The molecule has 1 saturated carbocycles. The summed E-state index contributed by atoms with van der Waals surface area (Å²) < 4.78 is 5.43. The van der Waals surface area contributed by atoms with Gasteiger partial charge in [-0.1, -0.05) is 0 Å². The molecule has 82 valence electrons. The maximum Gasteiger partial charge on any atom is 0.144 e. The van der Waals surface area contributed by atoms with Gasteiger partial charge in [0.1, 0.15) is 5.82 Å². The van der Waals surface area contributed by atoms with Crippen LogP contribution in [0.4, 0.5) is 0 Å². The molecule has 2 unspecified atom stereocenters.